The van der Waals surface area contributed by atoms with Gasteiger partial charge in [0.15, 0.2) is 6.61 Å². The van der Waals surface area contributed by atoms with Crippen LogP contribution >= 0.6 is 0 Å². The first-order valence-corrected chi connectivity index (χ1v) is 11.9. The van der Waals surface area contributed by atoms with Crippen molar-refractivity contribution in [1.29, 1.82) is 0 Å². The molecule has 3 aromatic rings. The Balaban J connectivity index is 1.26. The maximum Gasteiger partial charge on any atom is 0.337 e. The molecule has 5 rings (SSSR count). The second-order valence-electron chi connectivity index (χ2n) is 8.94. The molecule has 0 unspecified atom stereocenters. The number of esters is 1. The van der Waals surface area contributed by atoms with E-state index in [1.165, 1.54) is 7.11 Å². The lowest BCUT2D eigenvalue weighted by molar-refractivity contribution is -0.118. The van der Waals surface area contributed by atoms with Gasteiger partial charge in [-0.1, -0.05) is 18.2 Å². The van der Waals surface area contributed by atoms with E-state index in [9.17, 15) is 19.2 Å². The summed E-state index contributed by atoms with van der Waals surface area (Å²) < 4.78 is 10.2. The second-order valence-corrected chi connectivity index (χ2v) is 8.94. The molecule has 1 heterocycles. The highest BCUT2D eigenvalue weighted by Crippen LogP contribution is 2.33. The largest absolute Gasteiger partial charge is 0.482 e. The van der Waals surface area contributed by atoms with Crippen molar-refractivity contribution in [3.05, 3.63) is 89.0 Å². The molecular weight excluding hydrogens is 474 g/mol. The molecule has 37 heavy (non-hydrogen) atoms. The summed E-state index contributed by atoms with van der Waals surface area (Å²) in [6.07, 6.45) is 1.88. The van der Waals surface area contributed by atoms with Gasteiger partial charge in [-0.15, -0.1) is 0 Å². The third-order valence-corrected chi connectivity index (χ3v) is 6.22. The van der Waals surface area contributed by atoms with Crippen molar-refractivity contribution in [2.45, 2.75) is 25.4 Å². The van der Waals surface area contributed by atoms with Crippen LogP contribution in [0.1, 0.15) is 49.5 Å². The van der Waals surface area contributed by atoms with Gasteiger partial charge in [-0.2, -0.15) is 0 Å². The van der Waals surface area contributed by atoms with Gasteiger partial charge >= 0.3 is 5.97 Å². The Labute approximate surface area is 213 Å². The number of amides is 3. The van der Waals surface area contributed by atoms with Crippen molar-refractivity contribution in [2.24, 2.45) is 0 Å². The number of hydrogen-bond donors (Lipinski definition) is 2. The number of nitrogens with one attached hydrogen (secondary N) is 2. The van der Waals surface area contributed by atoms with Gasteiger partial charge in [-0.25, -0.2) is 4.79 Å². The lowest BCUT2D eigenvalue weighted by atomic mass is 10.1. The van der Waals surface area contributed by atoms with Gasteiger partial charge in [-0.3, -0.25) is 14.4 Å². The SMILES string of the molecule is COC(=O)c1cccc(NC(=O)c2ccc(CN(C(=O)c3ccc4c(c3)OCC(=O)N4)C3CC3)cc2)c1. The monoisotopic (exact) mass is 499 g/mol. The summed E-state index contributed by atoms with van der Waals surface area (Å²) in [5.41, 5.74) is 3.21. The molecule has 1 fully saturated rings. The number of methoxy groups -OCH3 is 1. The number of benzene rings is 3. The minimum absolute atomic E-state index is 0.0758. The molecule has 0 saturated heterocycles. The number of fused-ring (bicyclic) bond motifs is 1. The predicted octanol–water partition coefficient (Wildman–Crippen LogP) is 3.86. The molecule has 0 spiro atoms. The fourth-order valence-electron chi connectivity index (χ4n) is 4.13. The molecular formula is C28H25N3O6. The number of carbonyl (C=O) groups is 4. The van der Waals surface area contributed by atoms with Gasteiger partial charge in [-0.05, 0) is 66.9 Å². The molecule has 1 aliphatic carbocycles. The Morgan fingerprint density at radius 2 is 1.76 bits per heavy atom. The van der Waals surface area contributed by atoms with Crippen LogP contribution in [0.25, 0.3) is 0 Å². The molecule has 0 atom stereocenters. The van der Waals surface area contributed by atoms with Crippen LogP contribution in [0.15, 0.2) is 66.7 Å². The second kappa shape index (κ2) is 10.1. The van der Waals surface area contributed by atoms with Gasteiger partial charge in [0.2, 0.25) is 0 Å². The Kier molecular flexibility index (Phi) is 6.59. The number of carbonyl (C=O) groups excluding carboxylic acids is 4. The summed E-state index contributed by atoms with van der Waals surface area (Å²) in [7, 11) is 1.30. The van der Waals surface area contributed by atoms with Gasteiger partial charge < -0.3 is 25.0 Å². The first-order valence-electron chi connectivity index (χ1n) is 11.9. The fourth-order valence-corrected chi connectivity index (χ4v) is 4.13. The summed E-state index contributed by atoms with van der Waals surface area (Å²) in [5, 5.41) is 5.51. The standard InChI is InChI=1S/C28H25N3O6/c1-36-28(35)20-3-2-4-21(13-20)29-26(33)18-7-5-17(6-8-18)15-31(22-10-11-22)27(34)19-9-12-23-24(14-19)37-16-25(32)30-23/h2-9,12-14,22H,10-11,15-16H2,1H3,(H,29,33)(H,30,32). The normalized spacial score (nSPS) is 14.0. The van der Waals surface area contributed by atoms with Gasteiger partial charge in [0.1, 0.15) is 5.75 Å². The van der Waals surface area contributed by atoms with Crippen molar-refractivity contribution in [3.63, 3.8) is 0 Å². The molecule has 9 heteroatoms. The average Bonchev–Trinajstić information content (AvgIpc) is 3.76. The molecule has 0 bridgehead atoms. The zero-order chi connectivity index (χ0) is 25.9. The maximum atomic E-state index is 13.3. The number of ether oxygens (including phenoxy) is 2. The van der Waals surface area contributed by atoms with Crippen LogP contribution in [0, 0.1) is 0 Å². The Morgan fingerprint density at radius 3 is 2.49 bits per heavy atom. The highest BCUT2D eigenvalue weighted by atomic mass is 16.5. The van der Waals surface area contributed by atoms with Crippen molar-refractivity contribution in [3.8, 4) is 5.75 Å². The molecule has 1 aliphatic heterocycles. The quantitative estimate of drug-likeness (QED) is 0.477. The van der Waals surface area contributed by atoms with Crippen molar-refractivity contribution >= 4 is 35.1 Å². The third kappa shape index (κ3) is 5.45. The van der Waals surface area contributed by atoms with Crippen molar-refractivity contribution in [1.82, 2.24) is 4.90 Å². The molecule has 3 amide bonds. The molecule has 3 aromatic carbocycles. The molecule has 2 aliphatic rings. The summed E-state index contributed by atoms with van der Waals surface area (Å²) in [6, 6.07) is 18.8. The van der Waals surface area contributed by atoms with Crippen molar-refractivity contribution in [2.75, 3.05) is 24.4 Å². The summed E-state index contributed by atoms with van der Waals surface area (Å²) in [6.45, 7) is 0.328. The van der Waals surface area contributed by atoms with Crippen LogP contribution in [0.2, 0.25) is 0 Å². The van der Waals surface area contributed by atoms with E-state index in [1.54, 1.807) is 54.6 Å². The van der Waals surface area contributed by atoms with Crippen LogP contribution < -0.4 is 15.4 Å². The Hall–Kier alpha value is -4.66. The van der Waals surface area contributed by atoms with Crippen LogP contribution in [-0.4, -0.2) is 48.3 Å². The lowest BCUT2D eigenvalue weighted by Gasteiger charge is -2.24. The number of rotatable bonds is 7. The van der Waals surface area contributed by atoms with E-state index in [2.05, 4.69) is 10.6 Å². The molecule has 2 N–H and O–H groups in total. The molecule has 1 saturated carbocycles. The van der Waals surface area contributed by atoms with E-state index in [0.717, 1.165) is 18.4 Å². The van der Waals surface area contributed by atoms with E-state index in [0.29, 0.717) is 40.4 Å². The van der Waals surface area contributed by atoms with Crippen molar-refractivity contribution < 1.29 is 28.7 Å². The van der Waals surface area contributed by atoms with Gasteiger partial charge in [0, 0.05) is 29.4 Å². The van der Waals surface area contributed by atoms with Crippen LogP contribution in [0.3, 0.4) is 0 Å². The molecule has 188 valence electrons. The fraction of sp³-hybridized carbons (Fsp3) is 0.214. The zero-order valence-electron chi connectivity index (χ0n) is 20.2. The van der Waals surface area contributed by atoms with E-state index in [-0.39, 0.29) is 30.4 Å². The van der Waals surface area contributed by atoms with E-state index in [1.807, 2.05) is 17.0 Å². The van der Waals surface area contributed by atoms with E-state index in [4.69, 9.17) is 9.47 Å². The highest BCUT2D eigenvalue weighted by molar-refractivity contribution is 6.05. The zero-order valence-corrected chi connectivity index (χ0v) is 20.2. The molecule has 0 aromatic heterocycles. The predicted molar refractivity (Wildman–Crippen MR) is 136 cm³/mol. The van der Waals surface area contributed by atoms with Crippen LogP contribution in [0.4, 0.5) is 11.4 Å². The summed E-state index contributed by atoms with van der Waals surface area (Å²) >= 11 is 0. The number of hydrogen-bond acceptors (Lipinski definition) is 6. The number of anilines is 2. The first-order chi connectivity index (χ1) is 17.9. The molecule has 0 radical (unpaired) electrons. The average molecular weight is 500 g/mol. The van der Waals surface area contributed by atoms with Gasteiger partial charge in [0.05, 0.1) is 18.4 Å². The highest BCUT2D eigenvalue weighted by Gasteiger charge is 2.33. The minimum Gasteiger partial charge on any atom is -0.482 e. The molecule has 9 nitrogen and oxygen atoms in total. The topological polar surface area (TPSA) is 114 Å². The van der Waals surface area contributed by atoms with E-state index < -0.39 is 5.97 Å². The Morgan fingerprint density at radius 1 is 1.00 bits per heavy atom. The summed E-state index contributed by atoms with van der Waals surface area (Å²) in [5.74, 6) is -0.653. The minimum atomic E-state index is -0.482. The van der Waals surface area contributed by atoms with Crippen LogP contribution in [-0.2, 0) is 16.1 Å². The lowest BCUT2D eigenvalue weighted by Crippen LogP contribution is -2.33. The smallest absolute Gasteiger partial charge is 0.337 e. The first kappa shape index (κ1) is 24.1. The third-order valence-electron chi connectivity index (χ3n) is 6.22. The van der Waals surface area contributed by atoms with Crippen LogP contribution in [0.5, 0.6) is 5.75 Å². The summed E-state index contributed by atoms with van der Waals surface area (Å²) in [4.78, 5) is 51.1. The van der Waals surface area contributed by atoms with E-state index >= 15 is 0 Å². The maximum absolute atomic E-state index is 13.3. The number of nitrogens with zero attached hydrogens (tertiary/aromatic N) is 1. The van der Waals surface area contributed by atoms with Gasteiger partial charge in [0.25, 0.3) is 17.7 Å². The Bertz CT molecular complexity index is 1380.